The molecule has 1 heterocycles. The highest BCUT2D eigenvalue weighted by Gasteiger charge is 2.38. The van der Waals surface area contributed by atoms with Gasteiger partial charge in [-0.1, -0.05) is 18.2 Å². The van der Waals surface area contributed by atoms with Gasteiger partial charge in [-0.25, -0.2) is 4.39 Å². The number of rotatable bonds is 5. The minimum absolute atomic E-state index is 0.186. The molecule has 0 radical (unpaired) electrons. The lowest BCUT2D eigenvalue weighted by atomic mass is 10.1. The van der Waals surface area contributed by atoms with Crippen LogP contribution in [-0.2, 0) is 16.0 Å². The van der Waals surface area contributed by atoms with Crippen molar-refractivity contribution < 1.29 is 18.7 Å². The van der Waals surface area contributed by atoms with Gasteiger partial charge in [0.1, 0.15) is 17.6 Å². The topological polar surface area (TPSA) is 58.6 Å². The van der Waals surface area contributed by atoms with E-state index >= 15 is 0 Å². The molecule has 1 aliphatic rings. The Kier molecular flexibility index (Phi) is 4.97. The van der Waals surface area contributed by atoms with Crippen LogP contribution >= 0.6 is 0 Å². The van der Waals surface area contributed by atoms with Crippen LogP contribution in [0, 0.1) is 5.82 Å². The summed E-state index contributed by atoms with van der Waals surface area (Å²) >= 11 is 0. The molecule has 5 nitrogen and oxygen atoms in total. The molecule has 6 heteroatoms. The molecule has 0 aliphatic carbocycles. The van der Waals surface area contributed by atoms with Crippen molar-refractivity contribution >= 4 is 17.5 Å². The van der Waals surface area contributed by atoms with E-state index in [2.05, 4.69) is 5.32 Å². The van der Waals surface area contributed by atoms with Crippen molar-refractivity contribution in [2.75, 3.05) is 18.1 Å². The quantitative estimate of drug-likeness (QED) is 0.907. The van der Waals surface area contributed by atoms with Crippen molar-refractivity contribution in [1.29, 1.82) is 0 Å². The first-order valence-electron chi connectivity index (χ1n) is 8.16. The van der Waals surface area contributed by atoms with Gasteiger partial charge in [-0.05, 0) is 42.8 Å². The van der Waals surface area contributed by atoms with Crippen LogP contribution in [0.5, 0.6) is 5.75 Å². The monoisotopic (exact) mass is 342 g/mol. The molecule has 0 aromatic heterocycles. The lowest BCUT2D eigenvalue weighted by Gasteiger charge is -2.24. The highest BCUT2D eigenvalue weighted by atomic mass is 19.1. The molecule has 1 atom stereocenters. The number of nitrogens with one attached hydrogen (secondary N) is 1. The average molecular weight is 342 g/mol. The number of carbonyl (C=O) groups excluding carboxylic acids is 2. The van der Waals surface area contributed by atoms with Crippen LogP contribution in [0.25, 0.3) is 0 Å². The summed E-state index contributed by atoms with van der Waals surface area (Å²) in [6.45, 7) is 2.11. The van der Waals surface area contributed by atoms with Crippen LogP contribution in [-0.4, -0.2) is 31.0 Å². The number of halogens is 1. The minimum Gasteiger partial charge on any atom is -0.484 e. The maximum absolute atomic E-state index is 12.9. The normalized spacial score (nSPS) is 15.6. The summed E-state index contributed by atoms with van der Waals surface area (Å²) in [7, 11) is 0. The zero-order chi connectivity index (χ0) is 17.8. The van der Waals surface area contributed by atoms with E-state index < -0.39 is 6.04 Å². The molecule has 1 unspecified atom stereocenters. The molecule has 2 aromatic rings. The largest absolute Gasteiger partial charge is 0.484 e. The Balaban J connectivity index is 1.77. The van der Waals surface area contributed by atoms with Crippen molar-refractivity contribution in [2.24, 2.45) is 0 Å². The molecule has 0 spiro atoms. The molecule has 2 aromatic carbocycles. The molecular weight excluding hydrogens is 323 g/mol. The van der Waals surface area contributed by atoms with Gasteiger partial charge in [-0.2, -0.15) is 0 Å². The number of likely N-dealkylation sites (N-methyl/N-ethyl adjacent to an activating group) is 1. The molecule has 0 saturated heterocycles. The number of benzene rings is 2. The molecular formula is C19H19FN2O3. The van der Waals surface area contributed by atoms with Gasteiger partial charge in [-0.3, -0.25) is 14.5 Å². The SMILES string of the molecule is CCNC(=O)C1Cc2ccccc2N1C(=O)COc1ccc(F)cc1. The predicted molar refractivity (Wildman–Crippen MR) is 92.0 cm³/mol. The van der Waals surface area contributed by atoms with Crippen LogP contribution in [0.2, 0.25) is 0 Å². The number of hydrogen-bond donors (Lipinski definition) is 1. The molecule has 3 rings (SSSR count). The molecule has 0 bridgehead atoms. The molecule has 0 fully saturated rings. The lowest BCUT2D eigenvalue weighted by Crippen LogP contribution is -2.49. The summed E-state index contributed by atoms with van der Waals surface area (Å²) < 4.78 is 18.4. The van der Waals surface area contributed by atoms with Crippen molar-refractivity contribution in [3.8, 4) is 5.75 Å². The van der Waals surface area contributed by atoms with Gasteiger partial charge >= 0.3 is 0 Å². The third-order valence-electron chi connectivity index (χ3n) is 4.07. The first-order chi connectivity index (χ1) is 12.1. The van der Waals surface area contributed by atoms with Gasteiger partial charge in [0, 0.05) is 18.7 Å². The number of para-hydroxylation sites is 1. The lowest BCUT2D eigenvalue weighted by molar-refractivity contribution is -0.126. The molecule has 1 N–H and O–H groups in total. The van der Waals surface area contributed by atoms with Crippen molar-refractivity contribution in [1.82, 2.24) is 5.32 Å². The number of nitrogens with zero attached hydrogens (tertiary/aromatic N) is 1. The summed E-state index contributed by atoms with van der Waals surface area (Å²) in [6, 6.07) is 12.3. The number of anilines is 1. The zero-order valence-corrected chi connectivity index (χ0v) is 13.9. The summed E-state index contributed by atoms with van der Waals surface area (Å²) in [5.41, 5.74) is 1.68. The summed E-state index contributed by atoms with van der Waals surface area (Å²) in [6.07, 6.45) is 0.476. The van der Waals surface area contributed by atoms with E-state index in [4.69, 9.17) is 4.74 Å². The minimum atomic E-state index is -0.582. The van der Waals surface area contributed by atoms with Gasteiger partial charge in [0.25, 0.3) is 5.91 Å². The highest BCUT2D eigenvalue weighted by Crippen LogP contribution is 2.32. The second kappa shape index (κ2) is 7.34. The van der Waals surface area contributed by atoms with Gasteiger partial charge in [0.15, 0.2) is 6.61 Å². The van der Waals surface area contributed by atoms with E-state index in [1.165, 1.54) is 29.2 Å². The Hall–Kier alpha value is -2.89. The van der Waals surface area contributed by atoms with E-state index in [-0.39, 0.29) is 24.2 Å². The van der Waals surface area contributed by atoms with E-state index in [1.54, 1.807) is 0 Å². The number of carbonyl (C=O) groups is 2. The van der Waals surface area contributed by atoms with Crippen molar-refractivity contribution in [2.45, 2.75) is 19.4 Å². The first kappa shape index (κ1) is 17.0. The maximum atomic E-state index is 12.9. The Labute approximate surface area is 145 Å². The molecule has 1 aliphatic heterocycles. The maximum Gasteiger partial charge on any atom is 0.265 e. The number of fused-ring (bicyclic) bond motifs is 1. The molecule has 2 amide bonds. The Morgan fingerprint density at radius 3 is 2.64 bits per heavy atom. The van der Waals surface area contributed by atoms with E-state index in [1.807, 2.05) is 31.2 Å². The highest BCUT2D eigenvalue weighted by molar-refractivity contribution is 6.04. The first-order valence-corrected chi connectivity index (χ1v) is 8.16. The third kappa shape index (κ3) is 3.63. The Morgan fingerprint density at radius 1 is 1.20 bits per heavy atom. The van der Waals surface area contributed by atoms with Gasteiger partial charge in [-0.15, -0.1) is 0 Å². The fraction of sp³-hybridized carbons (Fsp3) is 0.263. The second-order valence-electron chi connectivity index (χ2n) is 5.75. The Morgan fingerprint density at radius 2 is 1.92 bits per heavy atom. The number of amides is 2. The van der Waals surface area contributed by atoms with Crippen LogP contribution in [0.4, 0.5) is 10.1 Å². The van der Waals surface area contributed by atoms with Gasteiger partial charge < -0.3 is 10.1 Å². The molecule has 130 valence electrons. The van der Waals surface area contributed by atoms with Crippen molar-refractivity contribution in [3.63, 3.8) is 0 Å². The van der Waals surface area contributed by atoms with Crippen LogP contribution in [0.1, 0.15) is 12.5 Å². The summed E-state index contributed by atoms with van der Waals surface area (Å²) in [4.78, 5) is 26.6. The van der Waals surface area contributed by atoms with Crippen LogP contribution < -0.4 is 15.0 Å². The third-order valence-corrected chi connectivity index (χ3v) is 4.07. The molecule has 0 saturated carbocycles. The fourth-order valence-corrected chi connectivity index (χ4v) is 2.94. The average Bonchev–Trinajstić information content (AvgIpc) is 3.01. The predicted octanol–water partition coefficient (Wildman–Crippen LogP) is 2.30. The van der Waals surface area contributed by atoms with Gasteiger partial charge in [0.2, 0.25) is 5.91 Å². The summed E-state index contributed by atoms with van der Waals surface area (Å²) in [5.74, 6) is -0.473. The van der Waals surface area contributed by atoms with Crippen molar-refractivity contribution in [3.05, 3.63) is 59.9 Å². The van der Waals surface area contributed by atoms with E-state index in [0.29, 0.717) is 18.7 Å². The number of ether oxygens (including phenoxy) is 1. The smallest absolute Gasteiger partial charge is 0.265 e. The molecule has 25 heavy (non-hydrogen) atoms. The second-order valence-corrected chi connectivity index (χ2v) is 5.75. The zero-order valence-electron chi connectivity index (χ0n) is 13.9. The standard InChI is InChI=1S/C19H19FN2O3/c1-2-21-19(24)17-11-13-5-3-4-6-16(13)22(17)18(23)12-25-15-9-7-14(20)8-10-15/h3-10,17H,2,11-12H2,1H3,(H,21,24). The van der Waals surface area contributed by atoms with Crippen LogP contribution in [0.15, 0.2) is 48.5 Å². The van der Waals surface area contributed by atoms with Crippen LogP contribution in [0.3, 0.4) is 0 Å². The fourth-order valence-electron chi connectivity index (χ4n) is 2.94. The van der Waals surface area contributed by atoms with E-state index in [0.717, 1.165) is 11.3 Å². The Bertz CT molecular complexity index is 776. The summed E-state index contributed by atoms with van der Waals surface area (Å²) in [5, 5.41) is 2.77. The van der Waals surface area contributed by atoms with E-state index in [9.17, 15) is 14.0 Å². The van der Waals surface area contributed by atoms with Gasteiger partial charge in [0.05, 0.1) is 0 Å². The number of hydrogen-bond acceptors (Lipinski definition) is 3.